The summed E-state index contributed by atoms with van der Waals surface area (Å²) in [6.07, 6.45) is 6.68. The molecule has 0 aromatic heterocycles. The Morgan fingerprint density at radius 2 is 1.91 bits per heavy atom. The van der Waals surface area contributed by atoms with E-state index in [4.69, 9.17) is 9.47 Å². The van der Waals surface area contributed by atoms with Gasteiger partial charge in [-0.05, 0) is 93.3 Å². The van der Waals surface area contributed by atoms with Crippen molar-refractivity contribution in [2.24, 2.45) is 5.92 Å². The van der Waals surface area contributed by atoms with Gasteiger partial charge in [-0.2, -0.15) is 0 Å². The van der Waals surface area contributed by atoms with Gasteiger partial charge in [0, 0.05) is 22.5 Å². The Labute approximate surface area is 205 Å². The molecule has 0 unspecified atom stereocenters. The Hall–Kier alpha value is -2.01. The molecule has 176 valence electrons. The molecule has 1 heterocycles. The van der Waals surface area contributed by atoms with Crippen molar-refractivity contribution in [1.82, 2.24) is 4.90 Å². The molecule has 0 radical (unpaired) electrons. The van der Waals surface area contributed by atoms with E-state index in [1.54, 1.807) is 0 Å². The Morgan fingerprint density at radius 1 is 1.12 bits per heavy atom. The number of hydrogen-bond acceptors (Lipinski definition) is 3. The molecule has 0 spiro atoms. The number of piperidine rings is 1. The number of carbonyl (C=O) groups excluding carboxylic acids is 1. The number of likely N-dealkylation sites (tertiary alicyclic amines) is 1. The van der Waals surface area contributed by atoms with Gasteiger partial charge in [0.2, 0.25) is 0 Å². The molecule has 1 saturated carbocycles. The molecule has 2 fully saturated rings. The lowest BCUT2D eigenvalue weighted by Crippen LogP contribution is -2.62. The summed E-state index contributed by atoms with van der Waals surface area (Å²) in [5, 5.41) is 0. The number of nitrogens with zero attached hydrogens (tertiary/aromatic N) is 1. The Kier molecular flexibility index (Phi) is 5.97. The molecule has 3 aliphatic rings. The second kappa shape index (κ2) is 8.65. The summed E-state index contributed by atoms with van der Waals surface area (Å²) in [6.45, 7) is 7.19. The van der Waals surface area contributed by atoms with Crippen LogP contribution in [0.3, 0.4) is 0 Å². The molecule has 33 heavy (non-hydrogen) atoms. The molecule has 1 saturated heterocycles. The zero-order valence-corrected chi connectivity index (χ0v) is 21.5. The molecule has 0 N–H and O–H groups in total. The standard InChI is InChI=1S/C28H34BrNO3/c1-27(2,3)33-26(31)30-15-14-28-13-5-4-6-23(28)25(30)16-20-9-12-22(17-24(20)28)32-18-19-7-10-21(29)11-8-19/h7-12,17,23,25H,4-6,13-16,18H2,1-3H3/t23-,25+,28+/m0/s1. The van der Waals surface area contributed by atoms with Crippen LogP contribution in [0.1, 0.15) is 69.6 Å². The Balaban J connectivity index is 1.42. The first-order valence-corrected chi connectivity index (χ1v) is 13.0. The molecular formula is C28H34BrNO3. The molecular weight excluding hydrogens is 478 g/mol. The zero-order chi connectivity index (χ0) is 23.2. The van der Waals surface area contributed by atoms with E-state index in [0.717, 1.165) is 35.2 Å². The Bertz CT molecular complexity index is 1030. The van der Waals surface area contributed by atoms with Crippen LogP contribution in [-0.2, 0) is 23.2 Å². The summed E-state index contributed by atoms with van der Waals surface area (Å²) in [5.41, 5.74) is 3.70. The maximum absolute atomic E-state index is 13.1. The number of hydrogen-bond donors (Lipinski definition) is 0. The third-order valence-electron chi connectivity index (χ3n) is 7.75. The van der Waals surface area contributed by atoms with Crippen LogP contribution in [0.2, 0.25) is 0 Å². The summed E-state index contributed by atoms with van der Waals surface area (Å²) < 4.78 is 13.1. The summed E-state index contributed by atoms with van der Waals surface area (Å²) in [5.74, 6) is 1.45. The SMILES string of the molecule is CC(C)(C)OC(=O)N1CC[C@]23CCCC[C@H]2[C@H]1Cc1ccc(OCc2ccc(Br)cc2)cc13. The van der Waals surface area contributed by atoms with Gasteiger partial charge in [-0.25, -0.2) is 4.79 Å². The van der Waals surface area contributed by atoms with Gasteiger partial charge in [-0.3, -0.25) is 0 Å². The van der Waals surface area contributed by atoms with Crippen molar-refractivity contribution in [3.8, 4) is 5.75 Å². The largest absolute Gasteiger partial charge is 0.489 e. The van der Waals surface area contributed by atoms with Gasteiger partial charge in [0.25, 0.3) is 0 Å². The smallest absolute Gasteiger partial charge is 0.410 e. The highest BCUT2D eigenvalue weighted by Crippen LogP contribution is 2.56. The highest BCUT2D eigenvalue weighted by molar-refractivity contribution is 9.10. The van der Waals surface area contributed by atoms with Crippen LogP contribution >= 0.6 is 15.9 Å². The van der Waals surface area contributed by atoms with Gasteiger partial charge < -0.3 is 14.4 Å². The summed E-state index contributed by atoms with van der Waals surface area (Å²) >= 11 is 3.49. The van der Waals surface area contributed by atoms with Crippen LogP contribution in [0.5, 0.6) is 5.75 Å². The maximum atomic E-state index is 13.1. The highest BCUT2D eigenvalue weighted by Gasteiger charge is 2.55. The molecule has 4 nitrogen and oxygen atoms in total. The zero-order valence-electron chi connectivity index (χ0n) is 19.9. The van der Waals surface area contributed by atoms with Gasteiger partial charge in [-0.1, -0.05) is 47.0 Å². The number of amides is 1. The van der Waals surface area contributed by atoms with E-state index in [1.807, 2.05) is 25.7 Å². The second-order valence-electron chi connectivity index (χ2n) is 10.9. The number of ether oxygens (including phenoxy) is 2. The average Bonchev–Trinajstić information content (AvgIpc) is 2.77. The van der Waals surface area contributed by atoms with E-state index in [2.05, 4.69) is 58.4 Å². The van der Waals surface area contributed by atoms with E-state index in [0.29, 0.717) is 12.5 Å². The van der Waals surface area contributed by atoms with Crippen LogP contribution in [-0.4, -0.2) is 29.2 Å². The van der Waals surface area contributed by atoms with E-state index in [9.17, 15) is 4.79 Å². The van der Waals surface area contributed by atoms with Crippen molar-refractivity contribution in [2.45, 2.75) is 83.0 Å². The van der Waals surface area contributed by atoms with E-state index in [1.165, 1.54) is 36.8 Å². The van der Waals surface area contributed by atoms with Crippen LogP contribution in [0, 0.1) is 5.92 Å². The van der Waals surface area contributed by atoms with Gasteiger partial charge >= 0.3 is 6.09 Å². The number of fused-ring (bicyclic) bond motifs is 1. The van der Waals surface area contributed by atoms with Crippen LogP contribution < -0.4 is 4.74 Å². The molecule has 2 bridgehead atoms. The van der Waals surface area contributed by atoms with E-state index >= 15 is 0 Å². The summed E-state index contributed by atoms with van der Waals surface area (Å²) in [7, 11) is 0. The first-order chi connectivity index (χ1) is 15.7. The van der Waals surface area contributed by atoms with Crippen molar-refractivity contribution in [3.05, 3.63) is 63.6 Å². The Morgan fingerprint density at radius 3 is 2.67 bits per heavy atom. The van der Waals surface area contributed by atoms with E-state index in [-0.39, 0.29) is 17.6 Å². The summed E-state index contributed by atoms with van der Waals surface area (Å²) in [4.78, 5) is 15.1. The molecule has 1 amide bonds. The van der Waals surface area contributed by atoms with Gasteiger partial charge in [0.15, 0.2) is 0 Å². The van der Waals surface area contributed by atoms with Crippen LogP contribution in [0.4, 0.5) is 4.79 Å². The minimum Gasteiger partial charge on any atom is -0.489 e. The predicted molar refractivity (Wildman–Crippen MR) is 134 cm³/mol. The lowest BCUT2D eigenvalue weighted by Gasteiger charge is -2.58. The highest BCUT2D eigenvalue weighted by atomic mass is 79.9. The second-order valence-corrected chi connectivity index (χ2v) is 11.9. The third-order valence-corrected chi connectivity index (χ3v) is 8.28. The fraction of sp³-hybridized carbons (Fsp3) is 0.536. The molecule has 2 aromatic rings. The number of carbonyl (C=O) groups is 1. The van der Waals surface area contributed by atoms with Gasteiger partial charge in [0.05, 0.1) is 0 Å². The monoisotopic (exact) mass is 511 g/mol. The van der Waals surface area contributed by atoms with Crippen LogP contribution in [0.25, 0.3) is 0 Å². The number of halogens is 1. The predicted octanol–water partition coefficient (Wildman–Crippen LogP) is 7.02. The molecule has 2 aromatic carbocycles. The maximum Gasteiger partial charge on any atom is 0.410 e. The molecule has 3 atom stereocenters. The van der Waals surface area contributed by atoms with Crippen molar-refractivity contribution < 1.29 is 14.3 Å². The topological polar surface area (TPSA) is 38.8 Å². The molecule has 2 aliphatic carbocycles. The third kappa shape index (κ3) is 4.41. The average molecular weight is 512 g/mol. The fourth-order valence-electron chi connectivity index (χ4n) is 6.37. The molecule has 1 aliphatic heterocycles. The van der Waals surface area contributed by atoms with Crippen molar-refractivity contribution in [3.63, 3.8) is 0 Å². The lowest BCUT2D eigenvalue weighted by molar-refractivity contribution is -0.0349. The van der Waals surface area contributed by atoms with Gasteiger partial charge in [-0.15, -0.1) is 0 Å². The fourth-order valence-corrected chi connectivity index (χ4v) is 6.63. The normalized spacial score (nSPS) is 26.2. The first kappa shape index (κ1) is 22.8. The number of benzene rings is 2. The lowest BCUT2D eigenvalue weighted by atomic mass is 9.52. The first-order valence-electron chi connectivity index (χ1n) is 12.3. The van der Waals surface area contributed by atoms with Crippen molar-refractivity contribution in [1.29, 1.82) is 0 Å². The van der Waals surface area contributed by atoms with Crippen molar-refractivity contribution in [2.75, 3.05) is 6.54 Å². The minimum absolute atomic E-state index is 0.149. The van der Waals surface area contributed by atoms with Crippen molar-refractivity contribution >= 4 is 22.0 Å². The minimum atomic E-state index is -0.466. The van der Waals surface area contributed by atoms with Gasteiger partial charge in [0.1, 0.15) is 18.0 Å². The molecule has 5 rings (SSSR count). The quantitative estimate of drug-likeness (QED) is 0.444. The molecule has 5 heteroatoms. The summed E-state index contributed by atoms with van der Waals surface area (Å²) in [6, 6.07) is 15.2. The van der Waals surface area contributed by atoms with E-state index < -0.39 is 5.60 Å². The number of rotatable bonds is 3. The van der Waals surface area contributed by atoms with Crippen LogP contribution in [0.15, 0.2) is 46.9 Å².